The van der Waals surface area contributed by atoms with E-state index >= 15 is 0 Å². The number of methoxy groups -OCH3 is 2. The van der Waals surface area contributed by atoms with E-state index in [1.165, 1.54) is 26.2 Å². The summed E-state index contributed by atoms with van der Waals surface area (Å²) in [5, 5.41) is 3.13. The minimum absolute atomic E-state index is 0.0622. The Morgan fingerprint density at radius 3 is 2.14 bits per heavy atom. The summed E-state index contributed by atoms with van der Waals surface area (Å²) < 4.78 is 91.1. The molecule has 0 bridgehead atoms. The molecule has 2 N–H and O–H groups in total. The van der Waals surface area contributed by atoms with Crippen LogP contribution < -0.4 is 14.8 Å². The van der Waals surface area contributed by atoms with Crippen molar-refractivity contribution in [2.24, 2.45) is 0 Å². The molecule has 4 rings (SSSR count). The van der Waals surface area contributed by atoms with E-state index in [0.29, 0.717) is 35.6 Å². The number of rotatable bonds is 10. The van der Waals surface area contributed by atoms with E-state index in [1.807, 2.05) is 0 Å². The van der Waals surface area contributed by atoms with Crippen molar-refractivity contribution in [2.75, 3.05) is 27.8 Å². The number of ether oxygens (including phenoxy) is 2. The molecular formula is C31H29F6N3O4. The zero-order chi connectivity index (χ0) is 32.2. The number of nitrogens with zero attached hydrogens (tertiary/aromatic N) is 1. The van der Waals surface area contributed by atoms with Gasteiger partial charge in [0.2, 0.25) is 5.91 Å². The van der Waals surface area contributed by atoms with Crippen LogP contribution >= 0.6 is 0 Å². The van der Waals surface area contributed by atoms with E-state index in [2.05, 4.69) is 10.3 Å². The highest BCUT2D eigenvalue weighted by molar-refractivity contribution is 5.98. The number of amides is 2. The molecule has 1 heterocycles. The summed E-state index contributed by atoms with van der Waals surface area (Å²) in [6.45, 7) is 0.177. The summed E-state index contributed by atoms with van der Waals surface area (Å²) in [4.78, 5) is 31.2. The first-order valence-electron chi connectivity index (χ1n) is 13.3. The van der Waals surface area contributed by atoms with Crippen LogP contribution in [0.4, 0.5) is 26.3 Å². The minimum Gasteiger partial charge on any atom is -0.493 e. The zero-order valence-electron chi connectivity index (χ0n) is 23.9. The molecule has 1 unspecified atom stereocenters. The Hall–Kier alpha value is -4.68. The zero-order valence-corrected chi connectivity index (χ0v) is 23.9. The minimum atomic E-state index is -5.14. The van der Waals surface area contributed by atoms with Gasteiger partial charge in [-0.3, -0.25) is 9.59 Å². The highest BCUT2D eigenvalue weighted by Crippen LogP contribution is 2.36. The largest absolute Gasteiger partial charge is 0.493 e. The normalized spacial score (nSPS) is 12.6. The molecule has 0 radical (unpaired) electrons. The smallest absolute Gasteiger partial charge is 0.416 e. The van der Waals surface area contributed by atoms with Crippen molar-refractivity contribution in [1.82, 2.24) is 15.2 Å². The Morgan fingerprint density at radius 1 is 0.886 bits per heavy atom. The monoisotopic (exact) mass is 621 g/mol. The van der Waals surface area contributed by atoms with Crippen LogP contribution in [0.3, 0.4) is 0 Å². The number of para-hydroxylation sites is 1. The average molecular weight is 622 g/mol. The van der Waals surface area contributed by atoms with E-state index in [1.54, 1.807) is 48.7 Å². The third-order valence-corrected chi connectivity index (χ3v) is 7.11. The fourth-order valence-electron chi connectivity index (χ4n) is 4.76. The highest BCUT2D eigenvalue weighted by atomic mass is 19.4. The molecule has 0 fully saturated rings. The van der Waals surface area contributed by atoms with Gasteiger partial charge in [0.05, 0.1) is 25.3 Å². The fraction of sp³-hybridized carbons (Fsp3) is 0.290. The molecule has 7 nitrogen and oxygen atoms in total. The van der Waals surface area contributed by atoms with Gasteiger partial charge >= 0.3 is 12.4 Å². The average Bonchev–Trinajstić information content (AvgIpc) is 3.40. The first-order valence-corrected chi connectivity index (χ1v) is 13.3. The molecule has 0 spiro atoms. The van der Waals surface area contributed by atoms with Crippen molar-refractivity contribution < 1.29 is 45.4 Å². The summed E-state index contributed by atoms with van der Waals surface area (Å²) in [5.74, 6) is -0.839. The van der Waals surface area contributed by atoms with Crippen molar-refractivity contribution in [3.8, 4) is 11.5 Å². The highest BCUT2D eigenvalue weighted by Gasteiger charge is 2.38. The second-order valence-electron chi connectivity index (χ2n) is 10.1. The number of H-pyrrole nitrogens is 1. The molecule has 13 heteroatoms. The quantitative estimate of drug-likeness (QED) is 0.205. The van der Waals surface area contributed by atoms with Crippen molar-refractivity contribution in [2.45, 2.75) is 31.2 Å². The summed E-state index contributed by atoms with van der Waals surface area (Å²) in [5.41, 5.74) is -1.98. The maximum Gasteiger partial charge on any atom is 0.416 e. The first kappa shape index (κ1) is 32.2. The summed E-state index contributed by atoms with van der Waals surface area (Å²) >= 11 is 0. The Balaban J connectivity index is 1.62. The lowest BCUT2D eigenvalue weighted by Crippen LogP contribution is -2.49. The number of nitrogens with one attached hydrogen (secondary N) is 2. The first-order chi connectivity index (χ1) is 20.7. The Morgan fingerprint density at radius 2 is 1.52 bits per heavy atom. The lowest BCUT2D eigenvalue weighted by atomic mass is 10.0. The van der Waals surface area contributed by atoms with Crippen molar-refractivity contribution in [3.63, 3.8) is 0 Å². The molecular weight excluding hydrogens is 592 g/mol. The second-order valence-corrected chi connectivity index (χ2v) is 10.1. The maximum absolute atomic E-state index is 13.7. The molecule has 0 aliphatic carbocycles. The van der Waals surface area contributed by atoms with Crippen LogP contribution in [0, 0.1) is 0 Å². The predicted octanol–water partition coefficient (Wildman–Crippen LogP) is 6.26. The van der Waals surface area contributed by atoms with Crippen LogP contribution in [0.25, 0.3) is 10.9 Å². The standard InChI is InChI=1S/C31H29F6N3O4/c1-40(11-10-18-8-9-26(43-2)27(12-18)44-3)29(42)25(15-20-17-38-24-7-5-4-6-23(20)24)39-28(41)19-13-21(30(32,33)34)16-22(14-19)31(35,36)37/h4-9,12-14,16-17,25,38H,10-11,15H2,1-3H3,(H,39,41). The second kappa shape index (κ2) is 12.9. The number of fused-ring (bicyclic) bond motifs is 1. The topological polar surface area (TPSA) is 83.7 Å². The van der Waals surface area contributed by atoms with Gasteiger partial charge in [0.1, 0.15) is 6.04 Å². The van der Waals surface area contributed by atoms with Gasteiger partial charge in [-0.15, -0.1) is 0 Å². The van der Waals surface area contributed by atoms with E-state index in [0.717, 1.165) is 16.5 Å². The van der Waals surface area contributed by atoms with Crippen LogP contribution in [0.1, 0.15) is 32.6 Å². The van der Waals surface area contributed by atoms with Gasteiger partial charge in [0.25, 0.3) is 5.91 Å². The maximum atomic E-state index is 13.7. The van der Waals surface area contributed by atoms with Gasteiger partial charge < -0.3 is 24.7 Å². The molecule has 2 amide bonds. The molecule has 3 aromatic carbocycles. The van der Waals surface area contributed by atoms with Crippen LogP contribution in [-0.4, -0.2) is 55.6 Å². The van der Waals surface area contributed by atoms with Gasteiger partial charge in [-0.2, -0.15) is 26.3 Å². The van der Waals surface area contributed by atoms with E-state index < -0.39 is 46.9 Å². The van der Waals surface area contributed by atoms with Crippen LogP contribution in [0.5, 0.6) is 11.5 Å². The number of alkyl halides is 6. The third-order valence-electron chi connectivity index (χ3n) is 7.11. The Labute approximate surface area is 248 Å². The van der Waals surface area contributed by atoms with Gasteiger partial charge in [0, 0.05) is 42.7 Å². The number of halogens is 6. The molecule has 44 heavy (non-hydrogen) atoms. The fourth-order valence-corrected chi connectivity index (χ4v) is 4.76. The van der Waals surface area contributed by atoms with Crippen LogP contribution in [0.2, 0.25) is 0 Å². The summed E-state index contributed by atoms with van der Waals surface area (Å²) in [6, 6.07) is 11.7. The predicted molar refractivity (Wildman–Crippen MR) is 151 cm³/mol. The number of benzene rings is 3. The van der Waals surface area contributed by atoms with E-state index in [-0.39, 0.29) is 19.0 Å². The number of hydrogen-bond donors (Lipinski definition) is 2. The summed E-state index contributed by atoms with van der Waals surface area (Å²) in [7, 11) is 4.47. The van der Waals surface area contributed by atoms with Gasteiger partial charge in [-0.25, -0.2) is 0 Å². The van der Waals surface area contributed by atoms with Gasteiger partial charge in [-0.1, -0.05) is 24.3 Å². The molecule has 0 saturated carbocycles. The number of likely N-dealkylation sites (N-methyl/N-ethyl adjacent to an activating group) is 1. The van der Waals surface area contributed by atoms with Crippen LogP contribution in [-0.2, 0) is 30.0 Å². The molecule has 0 aliphatic heterocycles. The molecule has 0 saturated heterocycles. The van der Waals surface area contributed by atoms with E-state index in [4.69, 9.17) is 9.47 Å². The van der Waals surface area contributed by atoms with Crippen molar-refractivity contribution >= 4 is 22.7 Å². The van der Waals surface area contributed by atoms with Gasteiger partial charge in [-0.05, 0) is 53.9 Å². The Bertz CT molecular complexity index is 1620. The number of aromatic amines is 1. The molecule has 234 valence electrons. The Kier molecular flexibility index (Phi) is 9.45. The number of carbonyl (C=O) groups is 2. The van der Waals surface area contributed by atoms with Crippen molar-refractivity contribution in [1.29, 1.82) is 0 Å². The third kappa shape index (κ3) is 7.44. The number of carbonyl (C=O) groups excluding carboxylic acids is 2. The van der Waals surface area contributed by atoms with Crippen LogP contribution in [0.15, 0.2) is 66.9 Å². The van der Waals surface area contributed by atoms with E-state index in [9.17, 15) is 35.9 Å². The molecule has 0 aliphatic rings. The molecule has 1 atom stereocenters. The number of hydrogen-bond acceptors (Lipinski definition) is 4. The SMILES string of the molecule is COc1ccc(CCN(C)C(=O)C(Cc2c[nH]c3ccccc23)NC(=O)c2cc(C(F)(F)F)cc(C(F)(F)F)c2)cc1OC. The molecule has 4 aromatic rings. The summed E-state index contributed by atoms with van der Waals surface area (Å²) in [6.07, 6.45) is -8.36. The number of aromatic nitrogens is 1. The lowest BCUT2D eigenvalue weighted by Gasteiger charge is -2.25. The lowest BCUT2D eigenvalue weighted by molar-refractivity contribution is -0.143. The van der Waals surface area contributed by atoms with Crippen molar-refractivity contribution in [3.05, 3.63) is 94.7 Å². The van der Waals surface area contributed by atoms with Gasteiger partial charge in [0.15, 0.2) is 11.5 Å². The molecule has 1 aromatic heterocycles.